The summed E-state index contributed by atoms with van der Waals surface area (Å²) in [5.41, 5.74) is 0.812. The van der Waals surface area contributed by atoms with E-state index in [-0.39, 0.29) is 6.42 Å². The van der Waals surface area contributed by atoms with Crippen LogP contribution in [0.4, 0.5) is 0 Å². The van der Waals surface area contributed by atoms with Gasteiger partial charge in [0, 0.05) is 18.5 Å². The molecule has 5 heteroatoms. The molecule has 0 rings (SSSR count). The van der Waals surface area contributed by atoms with Crippen molar-refractivity contribution in [2.24, 2.45) is 0 Å². The highest BCUT2D eigenvalue weighted by Gasteiger charge is 2.21. The van der Waals surface area contributed by atoms with E-state index in [0.29, 0.717) is 11.0 Å². The number of aliphatic carboxylic acids is 1. The van der Waals surface area contributed by atoms with Crippen LogP contribution < -0.4 is 5.11 Å². The quantitative estimate of drug-likeness (QED) is 0.365. The van der Waals surface area contributed by atoms with Crippen LogP contribution in [0.5, 0.6) is 0 Å². The number of esters is 1. The first-order valence-electron chi connectivity index (χ1n) is 5.46. The summed E-state index contributed by atoms with van der Waals surface area (Å²) in [5.74, 6) is -1.72. The first-order chi connectivity index (χ1) is 7.60. The van der Waals surface area contributed by atoms with Gasteiger partial charge >= 0.3 is 5.97 Å². The van der Waals surface area contributed by atoms with Crippen LogP contribution >= 0.6 is 0 Å². The van der Waals surface area contributed by atoms with Gasteiger partial charge in [0.1, 0.15) is 6.54 Å². The predicted octanol–water partition coefficient (Wildman–Crippen LogP) is -0.289. The number of hydrogen-bond acceptors (Lipinski definition) is 4. The fraction of sp³-hybridized carbons (Fsp3) is 0.667. The summed E-state index contributed by atoms with van der Waals surface area (Å²) in [5, 5.41) is 10.6. The summed E-state index contributed by atoms with van der Waals surface area (Å²) in [6, 6.07) is 0. The Morgan fingerprint density at radius 3 is 2.18 bits per heavy atom. The zero-order valence-electron chi connectivity index (χ0n) is 11.1. The topological polar surface area (TPSA) is 66.4 Å². The van der Waals surface area contributed by atoms with Gasteiger partial charge in [-0.3, -0.25) is 0 Å². The highest BCUT2D eigenvalue weighted by atomic mass is 16.5. The Kier molecular flexibility index (Phi) is 5.88. The third-order valence-electron chi connectivity index (χ3n) is 1.84. The Morgan fingerprint density at radius 2 is 1.82 bits per heavy atom. The molecule has 0 fully saturated rings. The minimum atomic E-state index is -1.21. The summed E-state index contributed by atoms with van der Waals surface area (Å²) in [7, 11) is 5.70. The second kappa shape index (κ2) is 6.39. The monoisotopic (exact) mass is 243 g/mol. The minimum Gasteiger partial charge on any atom is -0.550 e. The van der Waals surface area contributed by atoms with Crippen molar-refractivity contribution in [1.82, 2.24) is 0 Å². The van der Waals surface area contributed by atoms with Crippen LogP contribution in [0.1, 0.15) is 20.3 Å². The van der Waals surface area contributed by atoms with Crippen molar-refractivity contribution in [2.45, 2.75) is 26.4 Å². The highest BCUT2D eigenvalue weighted by molar-refractivity contribution is 5.83. The summed E-state index contributed by atoms with van der Waals surface area (Å²) in [6.45, 7) is 3.97. The summed E-state index contributed by atoms with van der Waals surface area (Å²) in [4.78, 5) is 22.0. The zero-order chi connectivity index (χ0) is 13.6. The van der Waals surface area contributed by atoms with Gasteiger partial charge in [-0.2, -0.15) is 0 Å². The Bertz CT molecular complexity index is 311. The Labute approximate surface area is 102 Å². The number of nitrogens with zero attached hydrogens (tertiary/aromatic N) is 1. The van der Waals surface area contributed by atoms with E-state index in [1.807, 2.05) is 21.1 Å². The summed E-state index contributed by atoms with van der Waals surface area (Å²) >= 11 is 0. The Hall–Kier alpha value is -1.36. The largest absolute Gasteiger partial charge is 0.550 e. The maximum atomic E-state index is 11.4. The molecule has 0 aromatic heterocycles. The lowest BCUT2D eigenvalue weighted by molar-refractivity contribution is -0.873. The van der Waals surface area contributed by atoms with E-state index in [2.05, 4.69) is 0 Å². The van der Waals surface area contributed by atoms with Crippen LogP contribution in [0.2, 0.25) is 0 Å². The van der Waals surface area contributed by atoms with Crippen LogP contribution in [0.3, 0.4) is 0 Å². The van der Waals surface area contributed by atoms with Gasteiger partial charge in [-0.1, -0.05) is 5.57 Å². The smallest absolute Gasteiger partial charge is 0.331 e. The first kappa shape index (κ1) is 15.6. The number of ether oxygens (including phenoxy) is 1. The van der Waals surface area contributed by atoms with E-state index in [0.717, 1.165) is 5.57 Å². The van der Waals surface area contributed by atoms with Crippen LogP contribution in [0.25, 0.3) is 0 Å². The molecule has 0 aliphatic carbocycles. The van der Waals surface area contributed by atoms with Crippen LogP contribution in [-0.4, -0.2) is 50.2 Å². The second-order valence-electron chi connectivity index (χ2n) is 5.33. The summed E-state index contributed by atoms with van der Waals surface area (Å²) < 4.78 is 5.61. The number of carbonyl (C=O) groups is 2. The van der Waals surface area contributed by atoms with Crippen molar-refractivity contribution in [3.05, 3.63) is 11.6 Å². The molecule has 0 saturated carbocycles. The second-order valence-corrected chi connectivity index (χ2v) is 5.33. The molecule has 0 bridgehead atoms. The van der Waals surface area contributed by atoms with Gasteiger partial charge < -0.3 is 19.1 Å². The van der Waals surface area contributed by atoms with Crippen LogP contribution in [0, 0.1) is 0 Å². The fourth-order valence-corrected chi connectivity index (χ4v) is 1.37. The predicted molar refractivity (Wildman–Crippen MR) is 61.8 cm³/mol. The molecule has 0 spiro atoms. The first-order valence-corrected chi connectivity index (χ1v) is 5.46. The lowest BCUT2D eigenvalue weighted by atomic mass is 10.2. The van der Waals surface area contributed by atoms with Crippen molar-refractivity contribution in [2.75, 3.05) is 27.7 Å². The number of carbonyl (C=O) groups excluding carboxylic acids is 2. The molecule has 0 aromatic rings. The number of quaternary nitrogens is 1. The molecule has 0 unspecified atom stereocenters. The van der Waals surface area contributed by atoms with Crippen molar-refractivity contribution in [3.63, 3.8) is 0 Å². The third-order valence-corrected chi connectivity index (χ3v) is 1.84. The number of allylic oxidation sites excluding steroid dienone is 1. The van der Waals surface area contributed by atoms with Crippen molar-refractivity contribution < 1.29 is 23.9 Å². The van der Waals surface area contributed by atoms with Gasteiger partial charge in [0.05, 0.1) is 21.1 Å². The van der Waals surface area contributed by atoms with Gasteiger partial charge in [0.15, 0.2) is 6.10 Å². The van der Waals surface area contributed by atoms with Crippen LogP contribution in [-0.2, 0) is 14.3 Å². The molecule has 0 aromatic carbocycles. The van der Waals surface area contributed by atoms with Gasteiger partial charge in [-0.05, 0) is 13.8 Å². The normalized spacial score (nSPS) is 12.8. The molecule has 0 aliphatic rings. The average molecular weight is 243 g/mol. The molecular formula is C12H21NO4. The van der Waals surface area contributed by atoms with Gasteiger partial charge in [0.2, 0.25) is 0 Å². The van der Waals surface area contributed by atoms with E-state index in [1.54, 1.807) is 13.8 Å². The van der Waals surface area contributed by atoms with E-state index < -0.39 is 18.0 Å². The van der Waals surface area contributed by atoms with Crippen LogP contribution in [0.15, 0.2) is 11.6 Å². The third kappa shape index (κ3) is 9.56. The molecule has 0 radical (unpaired) electrons. The molecular weight excluding hydrogens is 222 g/mol. The Morgan fingerprint density at radius 1 is 1.29 bits per heavy atom. The van der Waals surface area contributed by atoms with Crippen molar-refractivity contribution in [3.8, 4) is 0 Å². The molecule has 0 saturated heterocycles. The molecule has 1 atom stereocenters. The minimum absolute atomic E-state index is 0.280. The van der Waals surface area contributed by atoms with Crippen molar-refractivity contribution in [1.29, 1.82) is 0 Å². The molecule has 17 heavy (non-hydrogen) atoms. The summed E-state index contributed by atoms with van der Waals surface area (Å²) in [6.07, 6.45) is 0.401. The lowest BCUT2D eigenvalue weighted by Gasteiger charge is -2.29. The van der Waals surface area contributed by atoms with E-state index >= 15 is 0 Å². The average Bonchev–Trinajstić information content (AvgIpc) is 1.95. The Balaban J connectivity index is 4.54. The molecule has 98 valence electrons. The molecule has 0 amide bonds. The standard InChI is InChI=1S/C12H21NO4/c1-9(2)6-12(16)17-10(7-11(14)15)8-13(3,4)5/h6,10H,7-8H2,1-5H3/t10-/m1/s1. The molecule has 0 aliphatic heterocycles. The van der Waals surface area contributed by atoms with Gasteiger partial charge in [-0.15, -0.1) is 0 Å². The molecule has 0 heterocycles. The van der Waals surface area contributed by atoms with E-state index in [1.165, 1.54) is 6.08 Å². The zero-order valence-corrected chi connectivity index (χ0v) is 11.1. The number of likely N-dealkylation sites (N-methyl/N-ethyl adjacent to an activating group) is 1. The van der Waals surface area contributed by atoms with Gasteiger partial charge in [-0.25, -0.2) is 4.79 Å². The molecule has 5 nitrogen and oxygen atoms in total. The maximum absolute atomic E-state index is 11.4. The van der Waals surface area contributed by atoms with Crippen molar-refractivity contribution >= 4 is 11.9 Å². The lowest BCUT2D eigenvalue weighted by Crippen LogP contribution is -2.45. The number of carboxylic acids is 1. The fourth-order valence-electron chi connectivity index (χ4n) is 1.37. The van der Waals surface area contributed by atoms with E-state index in [4.69, 9.17) is 4.74 Å². The van der Waals surface area contributed by atoms with Gasteiger partial charge in [0.25, 0.3) is 0 Å². The highest BCUT2D eigenvalue weighted by Crippen LogP contribution is 2.05. The number of carboxylic acid groups (broad SMARTS) is 1. The number of rotatable bonds is 6. The SMILES string of the molecule is CC(C)=CC(=O)O[C@H](CC(=O)[O-])C[N+](C)(C)C. The maximum Gasteiger partial charge on any atom is 0.331 e. The van der Waals surface area contributed by atoms with E-state index in [9.17, 15) is 14.7 Å². The molecule has 0 N–H and O–H groups in total. The number of hydrogen-bond donors (Lipinski definition) is 0.